The lowest BCUT2D eigenvalue weighted by Gasteiger charge is -2.44. The standard InChI is InChI=1S/C26H22N2O4/c29-23-19-17-11-12-18(20(19)24(30)27(23)13-15-7-3-1-4-8-15)22-21(17)25(31)28(26(22)32)14-16-9-5-2-6-10-16/h1-12,17-22H,13-14H2/t17?,18?,19-,20-,21-,22+/m1/s1. The summed E-state index contributed by atoms with van der Waals surface area (Å²) in [6, 6.07) is 18.8. The molecule has 6 atom stereocenters. The molecule has 2 bridgehead atoms. The first-order valence-corrected chi connectivity index (χ1v) is 11.0. The Labute approximate surface area is 185 Å². The maximum absolute atomic E-state index is 13.4. The Balaban J connectivity index is 1.31. The van der Waals surface area contributed by atoms with Crippen LogP contribution in [0.15, 0.2) is 72.8 Å². The monoisotopic (exact) mass is 426 g/mol. The van der Waals surface area contributed by atoms with Gasteiger partial charge in [-0.2, -0.15) is 0 Å². The first kappa shape index (κ1) is 19.2. The molecule has 32 heavy (non-hydrogen) atoms. The third-order valence-electron chi connectivity index (χ3n) is 7.56. The first-order valence-electron chi connectivity index (χ1n) is 11.0. The zero-order valence-electron chi connectivity index (χ0n) is 17.3. The Morgan fingerprint density at radius 1 is 0.500 bits per heavy atom. The second kappa shape index (κ2) is 6.99. The van der Waals surface area contributed by atoms with Crippen LogP contribution in [0, 0.1) is 35.5 Å². The molecule has 2 saturated heterocycles. The number of hydrogen-bond acceptors (Lipinski definition) is 4. The van der Waals surface area contributed by atoms with Crippen molar-refractivity contribution in [2.24, 2.45) is 35.5 Å². The van der Waals surface area contributed by atoms with E-state index in [1.165, 1.54) is 9.80 Å². The molecular formula is C26H22N2O4. The molecule has 0 N–H and O–H groups in total. The lowest BCUT2D eigenvalue weighted by atomic mass is 9.54. The van der Waals surface area contributed by atoms with Gasteiger partial charge in [-0.15, -0.1) is 0 Å². The molecule has 2 unspecified atom stereocenters. The number of rotatable bonds is 4. The Kier molecular flexibility index (Phi) is 4.18. The predicted molar refractivity (Wildman–Crippen MR) is 114 cm³/mol. The lowest BCUT2D eigenvalue weighted by molar-refractivity contribution is -0.140. The molecular weight excluding hydrogens is 404 g/mol. The topological polar surface area (TPSA) is 74.8 Å². The molecule has 2 aromatic rings. The molecule has 5 aliphatic rings. The van der Waals surface area contributed by atoms with Gasteiger partial charge in [0.1, 0.15) is 0 Å². The number of imide groups is 2. The highest BCUT2D eigenvalue weighted by Crippen LogP contribution is 2.58. The number of likely N-dealkylation sites (tertiary alicyclic amines) is 2. The summed E-state index contributed by atoms with van der Waals surface area (Å²) >= 11 is 0. The molecule has 6 heteroatoms. The zero-order chi connectivity index (χ0) is 22.0. The molecule has 0 aromatic heterocycles. The highest BCUT2D eigenvalue weighted by atomic mass is 16.2. The van der Waals surface area contributed by atoms with Crippen molar-refractivity contribution in [2.75, 3.05) is 0 Å². The maximum Gasteiger partial charge on any atom is 0.234 e. The van der Waals surface area contributed by atoms with Gasteiger partial charge in [0, 0.05) is 11.8 Å². The number of carbonyl (C=O) groups excluding carboxylic acids is 4. The molecule has 3 aliphatic carbocycles. The second-order valence-corrected chi connectivity index (χ2v) is 9.14. The fourth-order valence-electron chi connectivity index (χ4n) is 6.19. The zero-order valence-corrected chi connectivity index (χ0v) is 17.3. The molecule has 1 saturated carbocycles. The molecule has 4 amide bonds. The average Bonchev–Trinajstić information content (AvgIpc) is 3.24. The number of nitrogens with zero attached hydrogens (tertiary/aromatic N) is 2. The Bertz CT molecular complexity index is 1020. The Morgan fingerprint density at radius 2 is 0.812 bits per heavy atom. The van der Waals surface area contributed by atoms with E-state index in [0.29, 0.717) is 0 Å². The van der Waals surface area contributed by atoms with Crippen molar-refractivity contribution in [3.05, 3.63) is 83.9 Å². The van der Waals surface area contributed by atoms with Crippen LogP contribution in [0.3, 0.4) is 0 Å². The third kappa shape index (κ3) is 2.58. The van der Waals surface area contributed by atoms with Crippen LogP contribution in [0.25, 0.3) is 0 Å². The van der Waals surface area contributed by atoms with Crippen molar-refractivity contribution in [1.29, 1.82) is 0 Å². The predicted octanol–water partition coefficient (Wildman–Crippen LogP) is 2.41. The van der Waals surface area contributed by atoms with E-state index in [9.17, 15) is 19.2 Å². The SMILES string of the molecule is O=C1[C@@H]2C3C=CC([C@H]2C(=O)N1Cc1ccccc1)[C@@H]1C(=O)N(Cc2ccccc2)C(=O)[C@H]31. The van der Waals surface area contributed by atoms with E-state index in [0.717, 1.165) is 11.1 Å². The maximum atomic E-state index is 13.4. The molecule has 0 radical (unpaired) electrons. The average molecular weight is 426 g/mol. The van der Waals surface area contributed by atoms with Gasteiger partial charge >= 0.3 is 0 Å². The summed E-state index contributed by atoms with van der Waals surface area (Å²) in [5.41, 5.74) is 1.77. The van der Waals surface area contributed by atoms with E-state index in [-0.39, 0.29) is 36.7 Å². The normalized spacial score (nSPS) is 32.6. The van der Waals surface area contributed by atoms with Crippen LogP contribution in [-0.2, 0) is 32.3 Å². The van der Waals surface area contributed by atoms with Crippen LogP contribution in [0.1, 0.15) is 11.1 Å². The molecule has 2 aliphatic heterocycles. The summed E-state index contributed by atoms with van der Waals surface area (Å²) in [5.74, 6) is -3.94. The van der Waals surface area contributed by atoms with E-state index >= 15 is 0 Å². The van der Waals surface area contributed by atoms with Crippen LogP contribution in [-0.4, -0.2) is 33.4 Å². The molecule has 160 valence electrons. The second-order valence-electron chi connectivity index (χ2n) is 9.14. The number of amides is 4. The summed E-state index contributed by atoms with van der Waals surface area (Å²) in [4.78, 5) is 56.1. The van der Waals surface area contributed by atoms with Gasteiger partial charge in [-0.1, -0.05) is 72.8 Å². The van der Waals surface area contributed by atoms with Crippen molar-refractivity contribution in [3.63, 3.8) is 0 Å². The third-order valence-corrected chi connectivity index (χ3v) is 7.56. The van der Waals surface area contributed by atoms with E-state index in [1.54, 1.807) is 0 Å². The van der Waals surface area contributed by atoms with Gasteiger partial charge in [0.25, 0.3) is 0 Å². The number of benzene rings is 2. The van der Waals surface area contributed by atoms with Crippen molar-refractivity contribution < 1.29 is 19.2 Å². The van der Waals surface area contributed by atoms with Gasteiger partial charge < -0.3 is 0 Å². The molecule has 2 aromatic carbocycles. The summed E-state index contributed by atoms with van der Waals surface area (Å²) in [7, 11) is 0. The van der Waals surface area contributed by atoms with E-state index < -0.39 is 35.5 Å². The van der Waals surface area contributed by atoms with Gasteiger partial charge in [-0.3, -0.25) is 29.0 Å². The Hall–Kier alpha value is -3.54. The van der Waals surface area contributed by atoms with Crippen molar-refractivity contribution >= 4 is 23.6 Å². The van der Waals surface area contributed by atoms with E-state index in [1.807, 2.05) is 72.8 Å². The quantitative estimate of drug-likeness (QED) is 0.556. The van der Waals surface area contributed by atoms with Crippen LogP contribution in [0.2, 0.25) is 0 Å². The number of carbonyl (C=O) groups is 4. The highest BCUT2D eigenvalue weighted by Gasteiger charge is 2.68. The van der Waals surface area contributed by atoms with Gasteiger partial charge in [-0.05, 0) is 11.1 Å². The van der Waals surface area contributed by atoms with E-state index in [4.69, 9.17) is 0 Å². The molecule has 3 fully saturated rings. The molecule has 0 spiro atoms. The number of allylic oxidation sites excluding steroid dienone is 2. The summed E-state index contributed by atoms with van der Waals surface area (Å²) in [5, 5.41) is 0. The van der Waals surface area contributed by atoms with Crippen molar-refractivity contribution in [2.45, 2.75) is 13.1 Å². The minimum Gasteiger partial charge on any atom is -0.278 e. The fraction of sp³-hybridized carbons (Fsp3) is 0.308. The van der Waals surface area contributed by atoms with Crippen molar-refractivity contribution in [1.82, 2.24) is 9.80 Å². The largest absolute Gasteiger partial charge is 0.278 e. The summed E-state index contributed by atoms with van der Waals surface area (Å²) < 4.78 is 0. The van der Waals surface area contributed by atoms with Crippen LogP contribution in [0.5, 0.6) is 0 Å². The van der Waals surface area contributed by atoms with E-state index in [2.05, 4.69) is 0 Å². The minimum absolute atomic E-state index is 0.219. The van der Waals surface area contributed by atoms with Crippen LogP contribution >= 0.6 is 0 Å². The molecule has 7 rings (SSSR count). The van der Waals surface area contributed by atoms with Crippen LogP contribution < -0.4 is 0 Å². The van der Waals surface area contributed by atoms with Gasteiger partial charge in [0.2, 0.25) is 23.6 Å². The molecule has 6 nitrogen and oxygen atoms in total. The van der Waals surface area contributed by atoms with Gasteiger partial charge in [0.05, 0.1) is 36.8 Å². The van der Waals surface area contributed by atoms with Crippen LogP contribution in [0.4, 0.5) is 0 Å². The smallest absolute Gasteiger partial charge is 0.234 e. The molecule has 2 heterocycles. The van der Waals surface area contributed by atoms with Gasteiger partial charge in [-0.25, -0.2) is 0 Å². The van der Waals surface area contributed by atoms with Crippen molar-refractivity contribution in [3.8, 4) is 0 Å². The first-order chi connectivity index (χ1) is 15.6. The fourth-order valence-corrected chi connectivity index (χ4v) is 6.19. The minimum atomic E-state index is -0.559. The lowest BCUT2D eigenvalue weighted by Crippen LogP contribution is -2.50. The van der Waals surface area contributed by atoms with Gasteiger partial charge in [0.15, 0.2) is 0 Å². The summed E-state index contributed by atoms with van der Waals surface area (Å²) in [6.45, 7) is 0.449. The number of hydrogen-bond donors (Lipinski definition) is 0. The summed E-state index contributed by atoms with van der Waals surface area (Å²) in [6.07, 6.45) is 3.81. The Morgan fingerprint density at radius 3 is 1.12 bits per heavy atom. The highest BCUT2D eigenvalue weighted by molar-refractivity contribution is 6.10.